The molecule has 0 spiro atoms. The molecule has 0 amide bonds. The van der Waals surface area contributed by atoms with Crippen molar-refractivity contribution in [3.8, 4) is 5.75 Å². The van der Waals surface area contributed by atoms with Gasteiger partial charge < -0.3 is 15.4 Å². The van der Waals surface area contributed by atoms with Crippen LogP contribution in [-0.2, 0) is 13.0 Å². The molecule has 0 fully saturated rings. The highest BCUT2D eigenvalue weighted by Crippen LogP contribution is 2.19. The van der Waals surface area contributed by atoms with Crippen LogP contribution >= 0.6 is 0 Å². The van der Waals surface area contributed by atoms with Crippen molar-refractivity contribution < 1.29 is 4.74 Å². The van der Waals surface area contributed by atoms with E-state index in [1.165, 1.54) is 11.1 Å². The second-order valence-corrected chi connectivity index (χ2v) is 6.41. The Hall–Kier alpha value is -3.08. The quantitative estimate of drug-likeness (QED) is 0.521. The van der Waals surface area contributed by atoms with Crippen molar-refractivity contribution in [2.24, 2.45) is 4.99 Å². The van der Waals surface area contributed by atoms with E-state index in [-0.39, 0.29) is 0 Å². The van der Waals surface area contributed by atoms with Gasteiger partial charge in [-0.3, -0.25) is 9.98 Å². The fourth-order valence-electron chi connectivity index (χ4n) is 3.13. The number of methoxy groups -OCH3 is 1. The van der Waals surface area contributed by atoms with Crippen molar-refractivity contribution in [1.29, 1.82) is 0 Å². The zero-order valence-corrected chi connectivity index (χ0v) is 16.1. The van der Waals surface area contributed by atoms with E-state index in [4.69, 9.17) is 4.74 Å². The van der Waals surface area contributed by atoms with E-state index in [0.29, 0.717) is 6.54 Å². The number of para-hydroxylation sites is 1. The number of ether oxygens (including phenoxy) is 1. The maximum Gasteiger partial charge on any atom is 0.191 e. The van der Waals surface area contributed by atoms with Crippen LogP contribution < -0.4 is 15.4 Å². The number of aryl methyl sites for hydroxylation is 1. The van der Waals surface area contributed by atoms with E-state index in [1.807, 2.05) is 18.3 Å². The summed E-state index contributed by atoms with van der Waals surface area (Å²) < 4.78 is 5.45. The maximum atomic E-state index is 5.45. The second kappa shape index (κ2) is 9.03. The molecule has 1 heterocycles. The number of pyridine rings is 1. The first-order valence-corrected chi connectivity index (χ1v) is 9.12. The van der Waals surface area contributed by atoms with Gasteiger partial charge in [0.2, 0.25) is 0 Å². The number of hydrogen-bond acceptors (Lipinski definition) is 3. The number of rotatable bonds is 6. The molecule has 1 aromatic heterocycles. The number of aromatic nitrogens is 1. The van der Waals surface area contributed by atoms with Crippen molar-refractivity contribution >= 4 is 16.9 Å². The molecule has 2 N–H and O–H groups in total. The van der Waals surface area contributed by atoms with E-state index in [1.54, 1.807) is 14.2 Å². The molecule has 0 radical (unpaired) electrons. The lowest BCUT2D eigenvalue weighted by Gasteiger charge is -2.14. The van der Waals surface area contributed by atoms with E-state index in [9.17, 15) is 0 Å². The van der Waals surface area contributed by atoms with Gasteiger partial charge >= 0.3 is 0 Å². The zero-order valence-electron chi connectivity index (χ0n) is 16.1. The number of aliphatic imine (C=N–C) groups is 1. The summed E-state index contributed by atoms with van der Waals surface area (Å²) in [5.41, 5.74) is 4.60. The van der Waals surface area contributed by atoms with Gasteiger partial charge in [-0.05, 0) is 36.6 Å². The summed E-state index contributed by atoms with van der Waals surface area (Å²) in [6.45, 7) is 3.53. The number of nitrogens with zero attached hydrogens (tertiary/aromatic N) is 2. The number of benzene rings is 2. The lowest BCUT2D eigenvalue weighted by molar-refractivity contribution is 0.409. The average Bonchev–Trinajstić information content (AvgIpc) is 2.70. The van der Waals surface area contributed by atoms with Crippen molar-refractivity contribution in [3.05, 3.63) is 71.4 Å². The van der Waals surface area contributed by atoms with Crippen LogP contribution in [0.25, 0.3) is 10.9 Å². The molecule has 0 aliphatic rings. The highest BCUT2D eigenvalue weighted by Gasteiger charge is 2.06. The van der Waals surface area contributed by atoms with Crippen LogP contribution in [0.2, 0.25) is 0 Å². The van der Waals surface area contributed by atoms with Crippen LogP contribution in [0.5, 0.6) is 5.75 Å². The molecule has 0 atom stereocenters. The lowest BCUT2D eigenvalue weighted by atomic mass is 10.1. The Morgan fingerprint density at radius 2 is 1.93 bits per heavy atom. The minimum atomic E-state index is 0.668. The van der Waals surface area contributed by atoms with Crippen molar-refractivity contribution in [2.75, 3.05) is 20.7 Å². The molecule has 0 saturated carbocycles. The number of guanidine groups is 1. The third kappa shape index (κ3) is 4.76. The van der Waals surface area contributed by atoms with Crippen LogP contribution in [0.1, 0.15) is 16.7 Å². The molecule has 5 nitrogen and oxygen atoms in total. The maximum absolute atomic E-state index is 5.45. The predicted molar refractivity (Wildman–Crippen MR) is 111 cm³/mol. The number of hydrogen-bond donors (Lipinski definition) is 2. The van der Waals surface area contributed by atoms with E-state index >= 15 is 0 Å². The Bertz CT molecular complexity index is 931. The number of nitrogens with one attached hydrogen (secondary N) is 2. The molecule has 3 aromatic rings. The van der Waals surface area contributed by atoms with Gasteiger partial charge in [-0.1, -0.05) is 42.0 Å². The van der Waals surface area contributed by atoms with Gasteiger partial charge in [-0.25, -0.2) is 0 Å². The van der Waals surface area contributed by atoms with Gasteiger partial charge in [0.1, 0.15) is 5.75 Å². The Labute approximate surface area is 160 Å². The molecular weight excluding hydrogens is 336 g/mol. The molecular formula is C22H26N4O. The largest absolute Gasteiger partial charge is 0.496 e. The first-order chi connectivity index (χ1) is 13.2. The third-order valence-corrected chi connectivity index (χ3v) is 4.51. The van der Waals surface area contributed by atoms with Crippen LogP contribution in [0.15, 0.2) is 59.7 Å². The molecule has 27 heavy (non-hydrogen) atoms. The Morgan fingerprint density at radius 3 is 2.74 bits per heavy atom. The molecule has 5 heteroatoms. The highest BCUT2D eigenvalue weighted by atomic mass is 16.5. The van der Waals surface area contributed by atoms with Gasteiger partial charge in [-0.15, -0.1) is 0 Å². The van der Waals surface area contributed by atoms with Crippen LogP contribution in [-0.4, -0.2) is 31.6 Å². The van der Waals surface area contributed by atoms with E-state index < -0.39 is 0 Å². The predicted octanol–water partition coefficient (Wildman–Crippen LogP) is 3.46. The van der Waals surface area contributed by atoms with Gasteiger partial charge in [0, 0.05) is 31.7 Å². The van der Waals surface area contributed by atoms with Gasteiger partial charge in [0.25, 0.3) is 0 Å². The first kappa shape index (κ1) is 18.7. The highest BCUT2D eigenvalue weighted by molar-refractivity contribution is 5.83. The summed E-state index contributed by atoms with van der Waals surface area (Å²) in [5, 5.41) is 7.89. The van der Waals surface area contributed by atoms with Gasteiger partial charge in [-0.2, -0.15) is 0 Å². The monoisotopic (exact) mass is 362 g/mol. The van der Waals surface area contributed by atoms with Crippen LogP contribution in [0.3, 0.4) is 0 Å². The summed E-state index contributed by atoms with van der Waals surface area (Å²) in [6.07, 6.45) is 2.69. The number of fused-ring (bicyclic) bond motifs is 1. The van der Waals surface area contributed by atoms with E-state index in [0.717, 1.165) is 41.1 Å². The molecule has 0 unspecified atom stereocenters. The van der Waals surface area contributed by atoms with Gasteiger partial charge in [0.15, 0.2) is 5.96 Å². The molecule has 0 aliphatic heterocycles. The molecule has 140 valence electrons. The first-order valence-electron chi connectivity index (χ1n) is 9.12. The summed E-state index contributed by atoms with van der Waals surface area (Å²) in [7, 11) is 3.49. The van der Waals surface area contributed by atoms with Crippen molar-refractivity contribution in [2.45, 2.75) is 19.9 Å². The standard InChI is InChI=1S/C22H26N4O/c1-16-9-10-20(27-3)18(14-16)11-13-25-22(23-2)26-15-19-7-4-6-17-8-5-12-24-21(17)19/h4-10,12,14H,11,13,15H2,1-3H3,(H2,23,25,26). The minimum absolute atomic E-state index is 0.668. The van der Waals surface area contributed by atoms with Crippen molar-refractivity contribution in [3.63, 3.8) is 0 Å². The molecule has 3 rings (SSSR count). The minimum Gasteiger partial charge on any atom is -0.496 e. The molecule has 0 aliphatic carbocycles. The summed E-state index contributed by atoms with van der Waals surface area (Å²) in [5.74, 6) is 1.70. The molecule has 2 aromatic carbocycles. The molecule has 0 bridgehead atoms. The smallest absolute Gasteiger partial charge is 0.191 e. The molecule has 0 saturated heterocycles. The Morgan fingerprint density at radius 1 is 1.07 bits per heavy atom. The van der Waals surface area contributed by atoms with E-state index in [2.05, 4.69) is 63.9 Å². The normalized spacial score (nSPS) is 11.4. The van der Waals surface area contributed by atoms with Crippen LogP contribution in [0.4, 0.5) is 0 Å². The summed E-state index contributed by atoms with van der Waals surface area (Å²) in [6, 6.07) is 16.5. The zero-order chi connectivity index (χ0) is 19.1. The topological polar surface area (TPSA) is 58.5 Å². The van der Waals surface area contributed by atoms with Crippen molar-refractivity contribution in [1.82, 2.24) is 15.6 Å². The fourth-order valence-corrected chi connectivity index (χ4v) is 3.13. The third-order valence-electron chi connectivity index (χ3n) is 4.51. The lowest BCUT2D eigenvalue weighted by Crippen LogP contribution is -2.37. The Kier molecular flexibility index (Phi) is 6.26. The SMILES string of the molecule is CN=C(NCCc1cc(C)ccc1OC)NCc1cccc2cccnc12. The second-order valence-electron chi connectivity index (χ2n) is 6.41. The van der Waals surface area contributed by atoms with Crippen LogP contribution in [0, 0.1) is 6.92 Å². The fraction of sp³-hybridized carbons (Fsp3) is 0.273. The average molecular weight is 362 g/mol. The Balaban J connectivity index is 1.58. The van der Waals surface area contributed by atoms with Gasteiger partial charge in [0.05, 0.1) is 12.6 Å². The summed E-state index contributed by atoms with van der Waals surface area (Å²) >= 11 is 0. The summed E-state index contributed by atoms with van der Waals surface area (Å²) in [4.78, 5) is 8.82.